The van der Waals surface area contributed by atoms with Crippen molar-refractivity contribution in [2.24, 2.45) is 0 Å². The second-order valence-corrected chi connectivity index (χ2v) is 11.6. The molecule has 0 aromatic rings. The van der Waals surface area contributed by atoms with Crippen LogP contribution in [0, 0.1) is 0 Å². The standard InChI is InChI=1S/C16H36O4Si/c1-7-8-9-17-10-11-18-12-13-19-14-15-20-21(5,6)16(2,3)4/h7-15H2,1-6H3. The molecular formula is C16H36O4Si. The summed E-state index contributed by atoms with van der Waals surface area (Å²) in [6.07, 6.45) is 2.29. The summed E-state index contributed by atoms with van der Waals surface area (Å²) in [6, 6.07) is 0. The lowest BCUT2D eigenvalue weighted by molar-refractivity contribution is 0.00816. The molecule has 128 valence electrons. The first-order valence-corrected chi connectivity index (χ1v) is 11.1. The van der Waals surface area contributed by atoms with E-state index in [0.717, 1.165) is 13.0 Å². The van der Waals surface area contributed by atoms with Gasteiger partial charge in [0.1, 0.15) is 0 Å². The van der Waals surface area contributed by atoms with Crippen LogP contribution in [0.4, 0.5) is 0 Å². The summed E-state index contributed by atoms with van der Waals surface area (Å²) in [5.74, 6) is 0. The smallest absolute Gasteiger partial charge is 0.192 e. The lowest BCUT2D eigenvalue weighted by Crippen LogP contribution is -2.41. The number of hydrogen-bond donors (Lipinski definition) is 0. The molecule has 0 amide bonds. The third kappa shape index (κ3) is 11.3. The van der Waals surface area contributed by atoms with Gasteiger partial charge in [-0.15, -0.1) is 0 Å². The summed E-state index contributed by atoms with van der Waals surface area (Å²) in [5, 5.41) is 0.258. The Labute approximate surface area is 132 Å². The minimum absolute atomic E-state index is 0.258. The average Bonchev–Trinajstić information content (AvgIpc) is 2.38. The molecule has 0 aliphatic heterocycles. The van der Waals surface area contributed by atoms with Crippen LogP contribution in [0.2, 0.25) is 18.1 Å². The molecule has 0 aliphatic rings. The van der Waals surface area contributed by atoms with Crippen molar-refractivity contribution >= 4 is 8.32 Å². The third-order valence-electron chi connectivity index (χ3n) is 3.88. The largest absolute Gasteiger partial charge is 0.414 e. The summed E-state index contributed by atoms with van der Waals surface area (Å²) in [6.45, 7) is 18.1. The van der Waals surface area contributed by atoms with E-state index in [-0.39, 0.29) is 5.04 Å². The molecule has 0 saturated carbocycles. The van der Waals surface area contributed by atoms with Gasteiger partial charge in [-0.25, -0.2) is 0 Å². The lowest BCUT2D eigenvalue weighted by Gasteiger charge is -2.36. The first kappa shape index (κ1) is 21.1. The SMILES string of the molecule is CCCCOCCOCCOCCO[Si](C)(C)C(C)(C)C. The molecule has 5 heteroatoms. The van der Waals surface area contributed by atoms with E-state index in [1.165, 1.54) is 6.42 Å². The number of hydrogen-bond acceptors (Lipinski definition) is 4. The molecule has 0 saturated heterocycles. The maximum atomic E-state index is 6.03. The Bertz CT molecular complexity index is 239. The first-order chi connectivity index (χ1) is 9.81. The van der Waals surface area contributed by atoms with Gasteiger partial charge in [0, 0.05) is 6.61 Å². The highest BCUT2D eigenvalue weighted by Gasteiger charge is 2.36. The minimum Gasteiger partial charge on any atom is -0.414 e. The number of rotatable bonds is 13. The fourth-order valence-electron chi connectivity index (χ4n) is 1.36. The topological polar surface area (TPSA) is 36.9 Å². The van der Waals surface area contributed by atoms with E-state index in [4.69, 9.17) is 18.6 Å². The van der Waals surface area contributed by atoms with E-state index in [2.05, 4.69) is 40.8 Å². The van der Waals surface area contributed by atoms with Crippen LogP contribution in [0.25, 0.3) is 0 Å². The zero-order chi connectivity index (χ0) is 16.2. The molecule has 21 heavy (non-hydrogen) atoms. The van der Waals surface area contributed by atoms with Crippen molar-refractivity contribution in [1.82, 2.24) is 0 Å². The molecule has 0 aromatic heterocycles. The summed E-state index contributed by atoms with van der Waals surface area (Å²) >= 11 is 0. The molecule has 0 rings (SSSR count). The maximum absolute atomic E-state index is 6.03. The monoisotopic (exact) mass is 320 g/mol. The quantitative estimate of drug-likeness (QED) is 0.381. The summed E-state index contributed by atoms with van der Waals surface area (Å²) < 4.78 is 22.4. The molecule has 0 radical (unpaired) electrons. The minimum atomic E-state index is -1.63. The van der Waals surface area contributed by atoms with Crippen molar-refractivity contribution in [3.05, 3.63) is 0 Å². The maximum Gasteiger partial charge on any atom is 0.192 e. The highest BCUT2D eigenvalue weighted by molar-refractivity contribution is 6.74. The van der Waals surface area contributed by atoms with Crippen LogP contribution >= 0.6 is 0 Å². The molecule has 0 atom stereocenters. The summed E-state index contributed by atoms with van der Waals surface area (Å²) in [5.41, 5.74) is 0. The first-order valence-electron chi connectivity index (χ1n) is 8.18. The Balaban J connectivity index is 3.30. The normalized spacial score (nSPS) is 12.9. The van der Waals surface area contributed by atoms with E-state index in [1.54, 1.807) is 0 Å². The van der Waals surface area contributed by atoms with Crippen LogP contribution in [-0.2, 0) is 18.6 Å². The third-order valence-corrected chi connectivity index (χ3v) is 8.42. The summed E-state index contributed by atoms with van der Waals surface area (Å²) in [4.78, 5) is 0. The Morgan fingerprint density at radius 1 is 0.714 bits per heavy atom. The van der Waals surface area contributed by atoms with Crippen LogP contribution in [0.15, 0.2) is 0 Å². The molecule has 4 nitrogen and oxygen atoms in total. The Kier molecular flexibility index (Phi) is 11.6. The van der Waals surface area contributed by atoms with Gasteiger partial charge < -0.3 is 18.6 Å². The van der Waals surface area contributed by atoms with Gasteiger partial charge in [-0.3, -0.25) is 0 Å². The second-order valence-electron chi connectivity index (χ2n) is 6.80. The molecule has 0 fully saturated rings. The highest BCUT2D eigenvalue weighted by atomic mass is 28.4. The second kappa shape index (κ2) is 11.6. The summed E-state index contributed by atoms with van der Waals surface area (Å²) in [7, 11) is -1.63. The van der Waals surface area contributed by atoms with Crippen molar-refractivity contribution in [3.63, 3.8) is 0 Å². The predicted molar refractivity (Wildman–Crippen MR) is 90.5 cm³/mol. The Morgan fingerprint density at radius 2 is 1.14 bits per heavy atom. The lowest BCUT2D eigenvalue weighted by atomic mass is 10.2. The number of ether oxygens (including phenoxy) is 3. The molecule has 0 heterocycles. The van der Waals surface area contributed by atoms with E-state index >= 15 is 0 Å². The van der Waals surface area contributed by atoms with Gasteiger partial charge in [-0.1, -0.05) is 34.1 Å². The van der Waals surface area contributed by atoms with E-state index < -0.39 is 8.32 Å². The Hall–Kier alpha value is 0.0569. The van der Waals surface area contributed by atoms with Crippen LogP contribution in [0.5, 0.6) is 0 Å². The van der Waals surface area contributed by atoms with Gasteiger partial charge in [0.2, 0.25) is 0 Å². The van der Waals surface area contributed by atoms with Gasteiger partial charge in [-0.05, 0) is 24.6 Å². The molecule has 0 bridgehead atoms. The van der Waals surface area contributed by atoms with E-state index in [9.17, 15) is 0 Å². The highest BCUT2D eigenvalue weighted by Crippen LogP contribution is 2.36. The zero-order valence-corrected chi connectivity index (χ0v) is 16.0. The zero-order valence-electron chi connectivity index (χ0n) is 15.0. The van der Waals surface area contributed by atoms with Crippen LogP contribution in [0.3, 0.4) is 0 Å². The van der Waals surface area contributed by atoms with Crippen LogP contribution < -0.4 is 0 Å². The molecule has 0 spiro atoms. The van der Waals surface area contributed by atoms with Gasteiger partial charge in [0.05, 0.1) is 39.6 Å². The van der Waals surface area contributed by atoms with Gasteiger partial charge >= 0.3 is 0 Å². The van der Waals surface area contributed by atoms with Gasteiger partial charge in [0.15, 0.2) is 8.32 Å². The van der Waals surface area contributed by atoms with Crippen molar-refractivity contribution in [1.29, 1.82) is 0 Å². The molecule has 0 N–H and O–H groups in total. The van der Waals surface area contributed by atoms with Crippen LogP contribution in [0.1, 0.15) is 40.5 Å². The van der Waals surface area contributed by atoms with Crippen molar-refractivity contribution < 1.29 is 18.6 Å². The van der Waals surface area contributed by atoms with Gasteiger partial charge in [-0.2, -0.15) is 0 Å². The van der Waals surface area contributed by atoms with Crippen molar-refractivity contribution in [2.75, 3.05) is 46.2 Å². The number of unbranched alkanes of at least 4 members (excludes halogenated alkanes) is 1. The molecular weight excluding hydrogens is 284 g/mol. The predicted octanol–water partition coefficient (Wildman–Crippen LogP) is 3.86. The van der Waals surface area contributed by atoms with E-state index in [1.807, 2.05) is 0 Å². The molecule has 0 aromatic carbocycles. The van der Waals surface area contributed by atoms with Crippen molar-refractivity contribution in [2.45, 2.75) is 58.7 Å². The van der Waals surface area contributed by atoms with E-state index in [0.29, 0.717) is 39.6 Å². The van der Waals surface area contributed by atoms with Crippen molar-refractivity contribution in [3.8, 4) is 0 Å². The fourth-order valence-corrected chi connectivity index (χ4v) is 2.39. The average molecular weight is 321 g/mol. The van der Waals surface area contributed by atoms with Gasteiger partial charge in [0.25, 0.3) is 0 Å². The molecule has 0 aliphatic carbocycles. The molecule has 0 unspecified atom stereocenters. The fraction of sp³-hybridized carbons (Fsp3) is 1.00. The Morgan fingerprint density at radius 3 is 1.57 bits per heavy atom. The van der Waals surface area contributed by atoms with Crippen LogP contribution in [-0.4, -0.2) is 54.6 Å².